The molecule has 20 heavy (non-hydrogen) atoms. The van der Waals surface area contributed by atoms with Gasteiger partial charge in [-0.1, -0.05) is 12.1 Å². The zero-order chi connectivity index (χ0) is 14.3. The third-order valence-corrected chi connectivity index (χ3v) is 3.15. The Kier molecular flexibility index (Phi) is 2.90. The number of halogens is 4. The van der Waals surface area contributed by atoms with Gasteiger partial charge in [-0.2, -0.15) is 13.2 Å². The summed E-state index contributed by atoms with van der Waals surface area (Å²) in [6.45, 7) is 0. The molecule has 3 nitrogen and oxygen atoms in total. The number of pyridine rings is 1. The molecule has 3 rings (SSSR count). The second-order valence-electron chi connectivity index (χ2n) is 4.14. The molecule has 0 unspecified atom stereocenters. The van der Waals surface area contributed by atoms with E-state index in [1.807, 2.05) is 0 Å². The summed E-state index contributed by atoms with van der Waals surface area (Å²) in [6.07, 6.45) is -2.79. The third-order valence-electron chi connectivity index (χ3n) is 2.83. The summed E-state index contributed by atoms with van der Waals surface area (Å²) in [7, 11) is 0. The monoisotopic (exact) mass is 297 g/mol. The van der Waals surface area contributed by atoms with E-state index < -0.39 is 11.7 Å². The van der Waals surface area contributed by atoms with Crippen molar-refractivity contribution in [1.82, 2.24) is 14.1 Å². The first kappa shape index (κ1) is 12.9. The highest BCUT2D eigenvalue weighted by Crippen LogP contribution is 2.31. The molecule has 0 amide bonds. The Hall–Kier alpha value is -2.08. The molecule has 7 heteroatoms. The number of nitrogens with zero attached hydrogens (tertiary/aromatic N) is 3. The summed E-state index contributed by atoms with van der Waals surface area (Å²) in [5.41, 5.74) is 0.823. The standard InChI is InChI=1S/C13H7ClF3N3/c14-20-11(19-10-2-1-7-18-12(10)20)8-3-5-9(6-4-8)13(15,16)17/h1-7H. The molecule has 0 radical (unpaired) electrons. The van der Waals surface area contributed by atoms with Crippen LogP contribution in [0.3, 0.4) is 0 Å². The van der Waals surface area contributed by atoms with Crippen LogP contribution < -0.4 is 0 Å². The van der Waals surface area contributed by atoms with Crippen molar-refractivity contribution >= 4 is 22.9 Å². The minimum absolute atomic E-state index is 0.356. The van der Waals surface area contributed by atoms with Crippen LogP contribution in [-0.2, 0) is 6.18 Å². The Morgan fingerprint density at radius 3 is 2.35 bits per heavy atom. The van der Waals surface area contributed by atoms with Crippen LogP contribution in [0.2, 0.25) is 0 Å². The van der Waals surface area contributed by atoms with Gasteiger partial charge >= 0.3 is 6.18 Å². The molecule has 1 aromatic carbocycles. The lowest BCUT2D eigenvalue weighted by Gasteiger charge is -2.07. The predicted octanol–water partition coefficient (Wildman–Crippen LogP) is 4.12. The maximum absolute atomic E-state index is 12.5. The fourth-order valence-electron chi connectivity index (χ4n) is 1.87. The summed E-state index contributed by atoms with van der Waals surface area (Å²) < 4.78 is 38.8. The fourth-order valence-corrected chi connectivity index (χ4v) is 2.14. The van der Waals surface area contributed by atoms with Gasteiger partial charge in [0.1, 0.15) is 5.52 Å². The first-order valence-corrected chi connectivity index (χ1v) is 5.98. The van der Waals surface area contributed by atoms with Crippen molar-refractivity contribution in [1.29, 1.82) is 0 Å². The van der Waals surface area contributed by atoms with E-state index in [1.54, 1.807) is 18.3 Å². The number of alkyl halides is 3. The lowest BCUT2D eigenvalue weighted by molar-refractivity contribution is -0.137. The van der Waals surface area contributed by atoms with Gasteiger partial charge in [0.05, 0.1) is 5.56 Å². The SMILES string of the molecule is FC(F)(F)c1ccc(-c2nc3cccnc3n2Cl)cc1. The smallest absolute Gasteiger partial charge is 0.236 e. The van der Waals surface area contributed by atoms with E-state index >= 15 is 0 Å². The molecular weight excluding hydrogens is 291 g/mol. The van der Waals surface area contributed by atoms with Crippen molar-refractivity contribution in [2.75, 3.05) is 0 Å². The van der Waals surface area contributed by atoms with E-state index in [-0.39, 0.29) is 0 Å². The van der Waals surface area contributed by atoms with E-state index in [1.165, 1.54) is 16.2 Å². The topological polar surface area (TPSA) is 30.7 Å². The van der Waals surface area contributed by atoms with E-state index in [4.69, 9.17) is 11.8 Å². The molecule has 0 aliphatic rings. The second kappa shape index (κ2) is 4.49. The average Bonchev–Trinajstić information content (AvgIpc) is 2.76. The maximum Gasteiger partial charge on any atom is 0.416 e. The zero-order valence-electron chi connectivity index (χ0n) is 9.89. The molecule has 2 aromatic heterocycles. The van der Waals surface area contributed by atoms with Crippen molar-refractivity contribution in [3.8, 4) is 11.4 Å². The van der Waals surface area contributed by atoms with Crippen LogP contribution in [0.4, 0.5) is 13.2 Å². The predicted molar refractivity (Wildman–Crippen MR) is 69.2 cm³/mol. The lowest BCUT2D eigenvalue weighted by atomic mass is 10.1. The van der Waals surface area contributed by atoms with Gasteiger partial charge in [0, 0.05) is 23.5 Å². The summed E-state index contributed by atoms with van der Waals surface area (Å²) >= 11 is 6.09. The van der Waals surface area contributed by atoms with Crippen LogP contribution in [0.1, 0.15) is 5.56 Å². The summed E-state index contributed by atoms with van der Waals surface area (Å²) in [6, 6.07) is 8.11. The van der Waals surface area contributed by atoms with Crippen molar-refractivity contribution < 1.29 is 13.2 Å². The van der Waals surface area contributed by atoms with Crippen molar-refractivity contribution in [2.45, 2.75) is 6.18 Å². The largest absolute Gasteiger partial charge is 0.416 e. The first-order valence-electron chi connectivity index (χ1n) is 5.64. The molecule has 3 aromatic rings. The number of imidazole rings is 1. The van der Waals surface area contributed by atoms with Crippen LogP contribution in [-0.4, -0.2) is 14.1 Å². The average molecular weight is 298 g/mol. The number of benzene rings is 1. The van der Waals surface area contributed by atoms with Gasteiger partial charge in [-0.25, -0.2) is 14.1 Å². The summed E-state index contributed by atoms with van der Waals surface area (Å²) in [5, 5.41) is 0. The van der Waals surface area contributed by atoms with Gasteiger partial charge in [0.15, 0.2) is 11.5 Å². The van der Waals surface area contributed by atoms with E-state index in [0.29, 0.717) is 22.6 Å². The fraction of sp³-hybridized carbons (Fsp3) is 0.0769. The van der Waals surface area contributed by atoms with E-state index in [2.05, 4.69) is 9.97 Å². The number of hydrogen-bond donors (Lipinski definition) is 0. The highest BCUT2D eigenvalue weighted by molar-refractivity contribution is 6.20. The van der Waals surface area contributed by atoms with Gasteiger partial charge in [-0.05, 0) is 24.3 Å². The van der Waals surface area contributed by atoms with Crippen molar-refractivity contribution in [3.63, 3.8) is 0 Å². The molecule has 0 spiro atoms. The number of hydrogen-bond acceptors (Lipinski definition) is 2. The van der Waals surface area contributed by atoms with E-state index in [9.17, 15) is 13.2 Å². The summed E-state index contributed by atoms with van der Waals surface area (Å²) in [5.74, 6) is 0.356. The molecule has 102 valence electrons. The quantitative estimate of drug-likeness (QED) is 0.676. The Balaban J connectivity index is 2.09. The highest BCUT2D eigenvalue weighted by atomic mass is 35.5. The minimum Gasteiger partial charge on any atom is -0.236 e. The molecule has 0 atom stereocenters. The zero-order valence-corrected chi connectivity index (χ0v) is 10.7. The second-order valence-corrected chi connectivity index (χ2v) is 4.48. The maximum atomic E-state index is 12.5. The molecule has 0 saturated carbocycles. The Morgan fingerprint density at radius 2 is 1.75 bits per heavy atom. The van der Waals surface area contributed by atoms with Crippen LogP contribution in [0.25, 0.3) is 22.6 Å². The molecule has 0 fully saturated rings. The van der Waals surface area contributed by atoms with Crippen LogP contribution in [0, 0.1) is 0 Å². The van der Waals surface area contributed by atoms with Gasteiger partial charge in [-0.15, -0.1) is 0 Å². The summed E-state index contributed by atoms with van der Waals surface area (Å²) in [4.78, 5) is 8.33. The minimum atomic E-state index is -4.36. The highest BCUT2D eigenvalue weighted by Gasteiger charge is 2.30. The lowest BCUT2D eigenvalue weighted by Crippen LogP contribution is -2.04. The Bertz CT molecular complexity index is 763. The number of rotatable bonds is 1. The van der Waals surface area contributed by atoms with Gasteiger partial charge in [0.2, 0.25) is 0 Å². The molecule has 0 bridgehead atoms. The first-order chi connectivity index (χ1) is 9.47. The van der Waals surface area contributed by atoms with Crippen LogP contribution in [0.15, 0.2) is 42.6 Å². The van der Waals surface area contributed by atoms with Gasteiger partial charge in [0.25, 0.3) is 0 Å². The third kappa shape index (κ3) is 2.12. The molecule has 0 aliphatic carbocycles. The van der Waals surface area contributed by atoms with Crippen molar-refractivity contribution in [2.24, 2.45) is 0 Å². The Morgan fingerprint density at radius 1 is 1.05 bits per heavy atom. The van der Waals surface area contributed by atoms with Gasteiger partial charge in [-0.3, -0.25) is 0 Å². The normalized spacial score (nSPS) is 12.0. The molecule has 2 heterocycles. The molecule has 0 aliphatic heterocycles. The van der Waals surface area contributed by atoms with E-state index in [0.717, 1.165) is 12.1 Å². The number of aromatic nitrogens is 3. The molecule has 0 N–H and O–H groups in total. The molecule has 0 saturated heterocycles. The van der Waals surface area contributed by atoms with Gasteiger partial charge < -0.3 is 0 Å². The van der Waals surface area contributed by atoms with Crippen LogP contribution >= 0.6 is 11.8 Å². The Labute approximate surface area is 116 Å². The van der Waals surface area contributed by atoms with Crippen LogP contribution in [0.5, 0.6) is 0 Å². The number of fused-ring (bicyclic) bond motifs is 1. The molecular formula is C13H7ClF3N3. The van der Waals surface area contributed by atoms with Crippen molar-refractivity contribution in [3.05, 3.63) is 48.2 Å².